The largest absolute Gasteiger partial charge is 0.494 e. The van der Waals surface area contributed by atoms with E-state index in [1.165, 1.54) is 0 Å². The molecule has 2 saturated heterocycles. The molecule has 0 spiro atoms. The van der Waals surface area contributed by atoms with E-state index in [-0.39, 0.29) is 11.2 Å². The summed E-state index contributed by atoms with van der Waals surface area (Å²) in [6.45, 7) is 9.86. The van der Waals surface area contributed by atoms with Gasteiger partial charge in [-0.2, -0.15) is 13.2 Å². The van der Waals surface area contributed by atoms with Gasteiger partial charge in [0, 0.05) is 37.6 Å². The van der Waals surface area contributed by atoms with E-state index < -0.39 is 25.9 Å². The van der Waals surface area contributed by atoms with E-state index >= 15 is 0 Å². The van der Waals surface area contributed by atoms with Crippen molar-refractivity contribution in [2.24, 2.45) is 0 Å². The fourth-order valence-corrected chi connectivity index (χ4v) is 4.38. The number of carbonyl (C=O) groups excluding carboxylic acids is 1. The van der Waals surface area contributed by atoms with Gasteiger partial charge in [-0.15, -0.1) is 0 Å². The van der Waals surface area contributed by atoms with Gasteiger partial charge in [0.1, 0.15) is 6.54 Å². The number of nitrogens with one attached hydrogen (secondary N) is 2. The first-order valence-electron chi connectivity index (χ1n) is 12.5. The molecule has 0 aliphatic carbocycles. The summed E-state index contributed by atoms with van der Waals surface area (Å²) >= 11 is 0. The standard InChI is InChI=1S/C26H33BF3N5O3/c1-24(2)25(3,4)38-27(37-24)19-5-7-20(8-6-19)33-13-15-34(16-14-33)21-9-11-22(12-10-21)35(18-31)23(36)32-17-26(28,29)30/h5-12,18,31H,13-17H2,1-4H3,(H,32,36). The van der Waals surface area contributed by atoms with E-state index in [1.807, 2.05) is 39.8 Å². The molecule has 2 heterocycles. The fourth-order valence-electron chi connectivity index (χ4n) is 4.38. The van der Waals surface area contributed by atoms with Crippen molar-refractivity contribution in [2.75, 3.05) is 47.4 Å². The normalized spacial score (nSPS) is 18.9. The lowest BCUT2D eigenvalue weighted by molar-refractivity contribution is -0.122. The van der Waals surface area contributed by atoms with Crippen LogP contribution in [-0.2, 0) is 9.31 Å². The summed E-state index contributed by atoms with van der Waals surface area (Å²) in [7, 11) is -0.395. The zero-order valence-electron chi connectivity index (χ0n) is 22.0. The quantitative estimate of drug-likeness (QED) is 0.335. The molecule has 8 nitrogen and oxygen atoms in total. The van der Waals surface area contributed by atoms with Gasteiger partial charge in [0.05, 0.1) is 23.2 Å². The van der Waals surface area contributed by atoms with E-state index in [0.717, 1.165) is 47.9 Å². The van der Waals surface area contributed by atoms with Crippen LogP contribution in [-0.4, -0.2) is 69.6 Å². The highest BCUT2D eigenvalue weighted by molar-refractivity contribution is 6.62. The smallest absolute Gasteiger partial charge is 0.399 e. The Kier molecular flexibility index (Phi) is 7.67. The molecule has 0 unspecified atom stereocenters. The number of rotatable bonds is 6. The van der Waals surface area contributed by atoms with Gasteiger partial charge in [0.2, 0.25) is 0 Å². The summed E-state index contributed by atoms with van der Waals surface area (Å²) in [6, 6.07) is 14.1. The second kappa shape index (κ2) is 10.5. The van der Waals surface area contributed by atoms with Crippen LogP contribution in [0.3, 0.4) is 0 Å². The number of carbonyl (C=O) groups is 1. The van der Waals surface area contributed by atoms with E-state index in [1.54, 1.807) is 29.6 Å². The molecule has 0 atom stereocenters. The van der Waals surface area contributed by atoms with Gasteiger partial charge < -0.3 is 24.4 Å². The molecule has 2 amide bonds. The van der Waals surface area contributed by atoms with Crippen molar-refractivity contribution < 1.29 is 27.3 Å². The maximum atomic E-state index is 12.4. The zero-order valence-corrected chi connectivity index (χ0v) is 22.0. The minimum atomic E-state index is -4.52. The summed E-state index contributed by atoms with van der Waals surface area (Å²) < 4.78 is 49.5. The van der Waals surface area contributed by atoms with Crippen LogP contribution in [0.25, 0.3) is 0 Å². The SMILES string of the molecule is CC1(C)OB(c2ccc(N3CCN(c4ccc(N(C=N)C(=O)NCC(F)(F)F)cc4)CC3)cc2)OC1(C)C. The summed E-state index contributed by atoms with van der Waals surface area (Å²) in [5, 5.41) is 9.22. The first-order valence-corrected chi connectivity index (χ1v) is 12.5. The minimum absolute atomic E-state index is 0.309. The molecule has 2 aromatic rings. The number of amides is 2. The van der Waals surface area contributed by atoms with Crippen molar-refractivity contribution in [2.45, 2.75) is 45.1 Å². The molecule has 2 fully saturated rings. The Morgan fingerprint density at radius 1 is 0.947 bits per heavy atom. The van der Waals surface area contributed by atoms with Crippen LogP contribution >= 0.6 is 0 Å². The molecule has 0 saturated carbocycles. The number of halogens is 3. The predicted molar refractivity (Wildman–Crippen MR) is 144 cm³/mol. The lowest BCUT2D eigenvalue weighted by Gasteiger charge is -2.37. The topological polar surface area (TPSA) is 81.1 Å². The second-order valence-corrected chi connectivity index (χ2v) is 10.4. The third-order valence-corrected chi connectivity index (χ3v) is 7.34. The molecule has 0 aromatic heterocycles. The highest BCUT2D eigenvalue weighted by Gasteiger charge is 2.51. The highest BCUT2D eigenvalue weighted by Crippen LogP contribution is 2.36. The Hall–Kier alpha value is -3.25. The molecule has 2 aromatic carbocycles. The number of piperazine rings is 1. The molecule has 0 bridgehead atoms. The van der Waals surface area contributed by atoms with Crippen molar-refractivity contribution in [1.29, 1.82) is 5.41 Å². The zero-order chi connectivity index (χ0) is 27.7. The third kappa shape index (κ3) is 6.07. The van der Waals surface area contributed by atoms with Crippen LogP contribution < -0.4 is 25.5 Å². The van der Waals surface area contributed by atoms with Crippen LogP contribution in [0.2, 0.25) is 0 Å². The molecule has 4 rings (SSSR count). The van der Waals surface area contributed by atoms with Gasteiger partial charge in [-0.1, -0.05) is 12.1 Å². The van der Waals surface area contributed by atoms with Crippen LogP contribution in [0.15, 0.2) is 48.5 Å². The Labute approximate surface area is 221 Å². The Morgan fingerprint density at radius 2 is 1.39 bits per heavy atom. The summed E-state index contributed by atoms with van der Waals surface area (Å²) in [5.41, 5.74) is 2.57. The van der Waals surface area contributed by atoms with Crippen molar-refractivity contribution in [1.82, 2.24) is 5.32 Å². The van der Waals surface area contributed by atoms with E-state index in [0.29, 0.717) is 12.0 Å². The molecular weight excluding hydrogens is 498 g/mol. The number of urea groups is 1. The summed E-state index contributed by atoms with van der Waals surface area (Å²) in [4.78, 5) is 17.4. The van der Waals surface area contributed by atoms with E-state index in [2.05, 4.69) is 21.9 Å². The third-order valence-electron chi connectivity index (χ3n) is 7.34. The summed E-state index contributed by atoms with van der Waals surface area (Å²) in [6.07, 6.45) is -3.83. The molecule has 12 heteroatoms. The molecular formula is C26H33BF3N5O3. The average Bonchev–Trinajstić information content (AvgIpc) is 3.10. The van der Waals surface area contributed by atoms with Gasteiger partial charge in [0.25, 0.3) is 0 Å². The maximum absolute atomic E-state index is 12.4. The van der Waals surface area contributed by atoms with Crippen molar-refractivity contribution in [3.8, 4) is 0 Å². The lowest BCUT2D eigenvalue weighted by Crippen LogP contribution is -2.46. The first kappa shape index (κ1) is 27.8. The maximum Gasteiger partial charge on any atom is 0.494 e. The Morgan fingerprint density at radius 3 is 1.82 bits per heavy atom. The average molecular weight is 531 g/mol. The van der Waals surface area contributed by atoms with Gasteiger partial charge in [0.15, 0.2) is 0 Å². The first-order chi connectivity index (χ1) is 17.8. The minimum Gasteiger partial charge on any atom is -0.399 e. The number of benzene rings is 2. The molecule has 2 N–H and O–H groups in total. The Balaban J connectivity index is 1.32. The second-order valence-electron chi connectivity index (χ2n) is 10.4. The van der Waals surface area contributed by atoms with Crippen LogP contribution in [0.1, 0.15) is 27.7 Å². The Bertz CT molecular complexity index is 1120. The lowest BCUT2D eigenvalue weighted by atomic mass is 9.79. The van der Waals surface area contributed by atoms with E-state index in [9.17, 15) is 18.0 Å². The van der Waals surface area contributed by atoms with E-state index in [4.69, 9.17) is 14.7 Å². The van der Waals surface area contributed by atoms with Crippen molar-refractivity contribution in [3.63, 3.8) is 0 Å². The fraction of sp³-hybridized carbons (Fsp3) is 0.462. The van der Waals surface area contributed by atoms with Gasteiger partial charge in [-0.3, -0.25) is 10.3 Å². The van der Waals surface area contributed by atoms with Crippen LogP contribution in [0.4, 0.5) is 35.0 Å². The monoisotopic (exact) mass is 531 g/mol. The number of alkyl halides is 3. The molecule has 0 radical (unpaired) electrons. The van der Waals surface area contributed by atoms with Crippen LogP contribution in [0, 0.1) is 5.41 Å². The number of hydrogen-bond donors (Lipinski definition) is 2. The number of hydrogen-bond acceptors (Lipinski definition) is 6. The van der Waals surface area contributed by atoms with Crippen molar-refractivity contribution >= 4 is 42.0 Å². The van der Waals surface area contributed by atoms with Crippen molar-refractivity contribution in [3.05, 3.63) is 48.5 Å². The van der Waals surface area contributed by atoms with Gasteiger partial charge in [-0.25, -0.2) is 4.79 Å². The molecule has 204 valence electrons. The summed E-state index contributed by atoms with van der Waals surface area (Å²) in [5.74, 6) is 0. The molecule has 38 heavy (non-hydrogen) atoms. The molecule has 2 aliphatic heterocycles. The highest BCUT2D eigenvalue weighted by atomic mass is 19.4. The van der Waals surface area contributed by atoms with Crippen LogP contribution in [0.5, 0.6) is 0 Å². The predicted octanol–water partition coefficient (Wildman–Crippen LogP) is 4.00. The van der Waals surface area contributed by atoms with Gasteiger partial charge in [-0.05, 0) is 69.6 Å². The molecule has 2 aliphatic rings. The number of anilines is 3. The van der Waals surface area contributed by atoms with Gasteiger partial charge >= 0.3 is 19.3 Å². The number of nitrogens with zero attached hydrogens (tertiary/aromatic N) is 3.